The molecule has 3 rings (SSSR count). The Morgan fingerprint density at radius 1 is 1.13 bits per heavy atom. The zero-order chi connectivity index (χ0) is 21.8. The number of rotatable bonds is 6. The van der Waals surface area contributed by atoms with Crippen LogP contribution in [0, 0.1) is 25.5 Å². The summed E-state index contributed by atoms with van der Waals surface area (Å²) < 4.78 is 33.8. The maximum Gasteiger partial charge on any atom is 0.311 e. The van der Waals surface area contributed by atoms with Crippen molar-refractivity contribution in [2.24, 2.45) is 0 Å². The minimum absolute atomic E-state index is 0.0730. The maximum atomic E-state index is 13.7. The molecule has 0 unspecified atom stereocenters. The minimum Gasteiger partial charge on any atom is -0.452 e. The van der Waals surface area contributed by atoms with Crippen molar-refractivity contribution < 1.29 is 23.1 Å². The van der Waals surface area contributed by atoms with E-state index in [1.807, 2.05) is 37.3 Å². The summed E-state index contributed by atoms with van der Waals surface area (Å²) in [5.74, 6) is -2.88. The largest absolute Gasteiger partial charge is 0.452 e. The van der Waals surface area contributed by atoms with Crippen LogP contribution in [0.1, 0.15) is 23.9 Å². The molecule has 0 aliphatic heterocycles. The van der Waals surface area contributed by atoms with Gasteiger partial charge in [-0.25, -0.2) is 13.5 Å². The summed E-state index contributed by atoms with van der Waals surface area (Å²) in [6, 6.07) is 12.2. The van der Waals surface area contributed by atoms with Crippen LogP contribution in [-0.4, -0.2) is 27.8 Å². The Balaban J connectivity index is 1.66. The number of hydrogen-bond acceptors (Lipinski definition) is 4. The minimum atomic E-state index is -1.19. The van der Waals surface area contributed by atoms with Gasteiger partial charge < -0.3 is 10.1 Å². The highest BCUT2D eigenvalue weighted by atomic mass is 19.1. The molecule has 0 bridgehead atoms. The van der Waals surface area contributed by atoms with Gasteiger partial charge in [-0.2, -0.15) is 5.10 Å². The molecular formula is C22H21F2N3O3. The summed E-state index contributed by atoms with van der Waals surface area (Å²) in [4.78, 5) is 24.6. The highest BCUT2D eigenvalue weighted by Gasteiger charge is 2.22. The number of carbonyl (C=O) groups excluding carboxylic acids is 2. The van der Waals surface area contributed by atoms with Gasteiger partial charge in [0.15, 0.2) is 6.10 Å². The number of halogens is 2. The lowest BCUT2D eigenvalue weighted by atomic mass is 10.1. The van der Waals surface area contributed by atoms with Crippen molar-refractivity contribution in [3.63, 3.8) is 0 Å². The molecule has 0 saturated heterocycles. The van der Waals surface area contributed by atoms with E-state index in [2.05, 4.69) is 10.4 Å². The van der Waals surface area contributed by atoms with Crippen LogP contribution >= 0.6 is 0 Å². The Kier molecular flexibility index (Phi) is 6.25. The highest BCUT2D eigenvalue weighted by Crippen LogP contribution is 2.19. The van der Waals surface area contributed by atoms with E-state index in [-0.39, 0.29) is 12.1 Å². The van der Waals surface area contributed by atoms with Crippen LogP contribution in [0.2, 0.25) is 0 Å². The first kappa shape index (κ1) is 21.2. The van der Waals surface area contributed by atoms with Crippen LogP contribution in [0.3, 0.4) is 0 Å². The smallest absolute Gasteiger partial charge is 0.311 e. The third-order valence-corrected chi connectivity index (χ3v) is 4.63. The molecule has 0 radical (unpaired) electrons. The zero-order valence-corrected chi connectivity index (χ0v) is 16.8. The summed E-state index contributed by atoms with van der Waals surface area (Å²) in [6.07, 6.45) is -1.26. The molecule has 8 heteroatoms. The van der Waals surface area contributed by atoms with E-state index in [0.717, 1.165) is 29.6 Å². The number of ether oxygens (including phenoxy) is 1. The van der Waals surface area contributed by atoms with Gasteiger partial charge in [-0.3, -0.25) is 9.59 Å². The average molecular weight is 413 g/mol. The van der Waals surface area contributed by atoms with Crippen molar-refractivity contribution in [1.29, 1.82) is 0 Å². The number of esters is 1. The van der Waals surface area contributed by atoms with Crippen molar-refractivity contribution in [1.82, 2.24) is 9.78 Å². The van der Waals surface area contributed by atoms with Gasteiger partial charge in [0.2, 0.25) is 0 Å². The summed E-state index contributed by atoms with van der Waals surface area (Å²) in [5, 5.41) is 6.69. The second kappa shape index (κ2) is 8.86. The molecule has 0 spiro atoms. The quantitative estimate of drug-likeness (QED) is 0.623. The van der Waals surface area contributed by atoms with E-state index in [0.29, 0.717) is 11.3 Å². The summed E-state index contributed by atoms with van der Waals surface area (Å²) in [5.41, 5.74) is 2.70. The Bertz CT molecular complexity index is 1080. The molecule has 1 heterocycles. The molecule has 6 nitrogen and oxygen atoms in total. The molecule has 0 aliphatic carbocycles. The van der Waals surface area contributed by atoms with Gasteiger partial charge >= 0.3 is 5.97 Å². The van der Waals surface area contributed by atoms with Gasteiger partial charge in [-0.15, -0.1) is 0 Å². The van der Waals surface area contributed by atoms with Crippen molar-refractivity contribution in [3.8, 4) is 5.69 Å². The Hall–Kier alpha value is -3.55. The Labute approximate surface area is 172 Å². The van der Waals surface area contributed by atoms with Crippen molar-refractivity contribution in [2.45, 2.75) is 33.3 Å². The fourth-order valence-electron chi connectivity index (χ4n) is 3.02. The monoisotopic (exact) mass is 413 g/mol. The zero-order valence-electron chi connectivity index (χ0n) is 16.8. The Morgan fingerprint density at radius 2 is 1.83 bits per heavy atom. The van der Waals surface area contributed by atoms with E-state index < -0.39 is 29.6 Å². The maximum absolute atomic E-state index is 13.7. The molecule has 1 aromatic heterocycles. The fraction of sp³-hybridized carbons (Fsp3) is 0.227. The third kappa shape index (κ3) is 4.71. The fourth-order valence-corrected chi connectivity index (χ4v) is 3.02. The van der Waals surface area contributed by atoms with Crippen LogP contribution in [0.15, 0.2) is 48.5 Å². The first-order valence-corrected chi connectivity index (χ1v) is 9.32. The number of carbonyl (C=O) groups is 2. The molecular weight excluding hydrogens is 392 g/mol. The van der Waals surface area contributed by atoms with E-state index in [4.69, 9.17) is 4.74 Å². The molecule has 1 N–H and O–H groups in total. The molecule has 30 heavy (non-hydrogen) atoms. The lowest BCUT2D eigenvalue weighted by molar-refractivity contribution is -0.152. The van der Waals surface area contributed by atoms with Crippen LogP contribution in [0.5, 0.6) is 0 Å². The summed E-state index contributed by atoms with van der Waals surface area (Å²) in [6.45, 7) is 4.99. The van der Waals surface area contributed by atoms with Crippen LogP contribution in [0.4, 0.5) is 14.5 Å². The Morgan fingerprint density at radius 3 is 2.53 bits per heavy atom. The number of para-hydroxylation sites is 1. The van der Waals surface area contributed by atoms with Gasteiger partial charge in [0.25, 0.3) is 5.91 Å². The van der Waals surface area contributed by atoms with Crippen molar-refractivity contribution in [2.75, 3.05) is 5.32 Å². The van der Waals surface area contributed by atoms with Gasteiger partial charge in [0, 0.05) is 17.3 Å². The number of aromatic nitrogens is 2. The second-order valence-electron chi connectivity index (χ2n) is 6.82. The van der Waals surface area contributed by atoms with E-state index in [1.165, 1.54) is 6.92 Å². The van der Waals surface area contributed by atoms with E-state index in [1.54, 1.807) is 11.6 Å². The molecule has 156 valence electrons. The first-order valence-electron chi connectivity index (χ1n) is 9.32. The predicted molar refractivity (Wildman–Crippen MR) is 107 cm³/mol. The molecule has 3 aromatic rings. The molecule has 2 aromatic carbocycles. The van der Waals surface area contributed by atoms with Crippen LogP contribution in [0.25, 0.3) is 5.69 Å². The van der Waals surface area contributed by atoms with Gasteiger partial charge in [0.05, 0.1) is 23.5 Å². The lowest BCUT2D eigenvalue weighted by Crippen LogP contribution is -2.31. The first-order chi connectivity index (χ1) is 14.3. The van der Waals surface area contributed by atoms with Crippen molar-refractivity contribution >= 4 is 17.6 Å². The van der Waals surface area contributed by atoms with Crippen LogP contribution < -0.4 is 5.32 Å². The standard InChI is InChI=1S/C22H21F2N3O3/c1-13-18(14(2)27(26-13)17-7-5-4-6-8-17)12-21(28)30-15(3)22(29)25-20-11-16(23)9-10-19(20)24/h4-11,15H,12H2,1-3H3,(H,25,29)/t15-/m1/s1. The number of hydrogen-bond donors (Lipinski definition) is 1. The number of aryl methyl sites for hydroxylation is 1. The summed E-state index contributed by atoms with van der Waals surface area (Å²) in [7, 11) is 0. The highest BCUT2D eigenvalue weighted by molar-refractivity contribution is 5.95. The number of amides is 1. The molecule has 1 amide bonds. The molecule has 0 fully saturated rings. The van der Waals surface area contributed by atoms with Crippen LogP contribution in [-0.2, 0) is 20.7 Å². The summed E-state index contributed by atoms with van der Waals surface area (Å²) >= 11 is 0. The van der Waals surface area contributed by atoms with E-state index >= 15 is 0 Å². The van der Waals surface area contributed by atoms with Crippen molar-refractivity contribution in [3.05, 3.63) is 77.1 Å². The predicted octanol–water partition coefficient (Wildman–Crippen LogP) is 3.88. The van der Waals surface area contributed by atoms with E-state index in [9.17, 15) is 18.4 Å². The number of anilines is 1. The topological polar surface area (TPSA) is 73.2 Å². The second-order valence-corrected chi connectivity index (χ2v) is 6.82. The number of nitrogens with zero attached hydrogens (tertiary/aromatic N) is 2. The SMILES string of the molecule is Cc1nn(-c2ccccc2)c(C)c1CC(=O)O[C@H](C)C(=O)Nc1cc(F)ccc1F. The van der Waals surface area contributed by atoms with Gasteiger partial charge in [-0.05, 0) is 45.0 Å². The molecule has 0 saturated carbocycles. The number of nitrogens with one attached hydrogen (secondary N) is 1. The molecule has 1 atom stereocenters. The normalized spacial score (nSPS) is 11.8. The third-order valence-electron chi connectivity index (χ3n) is 4.63. The van der Waals surface area contributed by atoms with Gasteiger partial charge in [0.1, 0.15) is 11.6 Å². The molecule has 0 aliphatic rings. The van der Waals surface area contributed by atoms with Gasteiger partial charge in [-0.1, -0.05) is 18.2 Å². The number of benzene rings is 2. The lowest BCUT2D eigenvalue weighted by Gasteiger charge is -2.14. The average Bonchev–Trinajstić information content (AvgIpc) is 2.99.